The van der Waals surface area contributed by atoms with E-state index in [9.17, 15) is 0 Å². The van der Waals surface area contributed by atoms with E-state index in [1.54, 1.807) is 10.9 Å². The summed E-state index contributed by atoms with van der Waals surface area (Å²) in [6.07, 6.45) is 1.76. The number of nitrogens with one attached hydrogen (secondary N) is 1. The zero-order valence-electron chi connectivity index (χ0n) is 10.3. The van der Waals surface area contributed by atoms with Crippen molar-refractivity contribution in [3.8, 4) is 0 Å². The van der Waals surface area contributed by atoms with Crippen LogP contribution < -0.4 is 10.5 Å². The fourth-order valence-electron chi connectivity index (χ4n) is 1.12. The Morgan fingerprint density at radius 3 is 2.35 bits per heavy atom. The third kappa shape index (κ3) is 4.03. The lowest BCUT2D eigenvalue weighted by molar-refractivity contribution is 0.779. The first-order valence-corrected chi connectivity index (χ1v) is 6.34. The summed E-state index contributed by atoms with van der Waals surface area (Å²) in [5.74, 6) is 0.969. The molecule has 5 heteroatoms. The number of rotatable bonds is 3. The van der Waals surface area contributed by atoms with Crippen molar-refractivity contribution in [2.24, 2.45) is 7.05 Å². The van der Waals surface area contributed by atoms with E-state index in [1.807, 2.05) is 51.2 Å². The highest BCUT2D eigenvalue weighted by Gasteiger charge is 1.98. The van der Waals surface area contributed by atoms with Gasteiger partial charge in [-0.3, -0.25) is 4.68 Å². The molecule has 2 rings (SSSR count). The highest BCUT2D eigenvalue weighted by atomic mass is 32.2. The molecule has 0 spiro atoms. The van der Waals surface area contributed by atoms with Crippen LogP contribution in [0.15, 0.2) is 41.4 Å². The molecule has 0 bridgehead atoms. The normalized spacial score (nSPS) is 9.35. The van der Waals surface area contributed by atoms with Gasteiger partial charge in [-0.1, -0.05) is 13.8 Å². The molecule has 92 valence electrons. The number of nitrogen functional groups attached to an aromatic ring is 1. The van der Waals surface area contributed by atoms with Gasteiger partial charge in [0, 0.05) is 23.7 Å². The Kier molecular flexibility index (Phi) is 5.42. The summed E-state index contributed by atoms with van der Waals surface area (Å²) in [5.41, 5.74) is 6.38. The van der Waals surface area contributed by atoms with Crippen molar-refractivity contribution in [3.63, 3.8) is 0 Å². The van der Waals surface area contributed by atoms with Gasteiger partial charge in [0.2, 0.25) is 0 Å². The van der Waals surface area contributed by atoms with Gasteiger partial charge in [0.15, 0.2) is 0 Å². The fourth-order valence-corrected chi connectivity index (χ4v) is 1.82. The Bertz CT molecular complexity index is 436. The second-order valence-corrected chi connectivity index (χ2v) is 3.99. The monoisotopic (exact) mass is 250 g/mol. The van der Waals surface area contributed by atoms with E-state index in [2.05, 4.69) is 9.82 Å². The van der Waals surface area contributed by atoms with E-state index < -0.39 is 0 Å². The summed E-state index contributed by atoms with van der Waals surface area (Å²) < 4.78 is 4.99. The van der Waals surface area contributed by atoms with Crippen LogP contribution in [0.1, 0.15) is 13.8 Å². The Balaban J connectivity index is 0.000000686. The van der Waals surface area contributed by atoms with Gasteiger partial charge in [0.25, 0.3) is 0 Å². The molecule has 1 heterocycles. The Hall–Kier alpha value is -1.62. The molecule has 0 atom stereocenters. The largest absolute Gasteiger partial charge is 0.399 e. The van der Waals surface area contributed by atoms with Crippen molar-refractivity contribution in [2.75, 3.05) is 10.5 Å². The number of aryl methyl sites for hydroxylation is 1. The predicted molar refractivity (Wildman–Crippen MR) is 74.9 cm³/mol. The fraction of sp³-hybridized carbons (Fsp3) is 0.250. The lowest BCUT2D eigenvalue weighted by Gasteiger charge is -2.05. The molecular formula is C12H18N4S. The third-order valence-electron chi connectivity index (χ3n) is 1.97. The summed E-state index contributed by atoms with van der Waals surface area (Å²) >= 11 is 1.53. The van der Waals surface area contributed by atoms with Crippen LogP contribution >= 0.6 is 11.9 Å². The van der Waals surface area contributed by atoms with E-state index in [-0.39, 0.29) is 0 Å². The van der Waals surface area contributed by atoms with E-state index in [4.69, 9.17) is 5.73 Å². The van der Waals surface area contributed by atoms with Gasteiger partial charge in [0.05, 0.1) is 6.20 Å². The van der Waals surface area contributed by atoms with Gasteiger partial charge in [-0.2, -0.15) is 5.10 Å². The molecule has 0 radical (unpaired) electrons. The van der Waals surface area contributed by atoms with Crippen LogP contribution in [0, 0.1) is 0 Å². The molecule has 0 saturated carbocycles. The second kappa shape index (κ2) is 6.85. The van der Waals surface area contributed by atoms with Crippen molar-refractivity contribution in [1.29, 1.82) is 0 Å². The van der Waals surface area contributed by atoms with E-state index in [0.717, 1.165) is 16.4 Å². The minimum absolute atomic E-state index is 0.778. The molecule has 0 aliphatic heterocycles. The van der Waals surface area contributed by atoms with Gasteiger partial charge in [0.1, 0.15) is 5.82 Å². The van der Waals surface area contributed by atoms with E-state index in [0.29, 0.717) is 0 Å². The zero-order valence-corrected chi connectivity index (χ0v) is 11.2. The van der Waals surface area contributed by atoms with Gasteiger partial charge in [-0.25, -0.2) is 0 Å². The topological polar surface area (TPSA) is 55.9 Å². The maximum absolute atomic E-state index is 5.60. The SMILES string of the molecule is CC.Cn1nccc1NSc1ccc(N)cc1. The maximum Gasteiger partial charge on any atom is 0.134 e. The average molecular weight is 250 g/mol. The molecule has 0 unspecified atom stereocenters. The predicted octanol–water partition coefficient (Wildman–Crippen LogP) is 3.15. The first-order valence-electron chi connectivity index (χ1n) is 5.52. The van der Waals surface area contributed by atoms with Gasteiger partial charge in [-0.15, -0.1) is 0 Å². The number of anilines is 2. The smallest absolute Gasteiger partial charge is 0.134 e. The number of hydrogen-bond donors (Lipinski definition) is 2. The molecule has 0 saturated heterocycles. The Morgan fingerprint density at radius 2 is 1.82 bits per heavy atom. The van der Waals surface area contributed by atoms with Gasteiger partial charge >= 0.3 is 0 Å². The zero-order chi connectivity index (χ0) is 12.7. The first kappa shape index (κ1) is 13.4. The van der Waals surface area contributed by atoms with E-state index >= 15 is 0 Å². The molecule has 0 aliphatic carbocycles. The summed E-state index contributed by atoms with van der Waals surface area (Å²) in [4.78, 5) is 1.12. The molecule has 2 aromatic rings. The van der Waals surface area contributed by atoms with Crippen molar-refractivity contribution < 1.29 is 0 Å². The average Bonchev–Trinajstić information content (AvgIpc) is 2.77. The van der Waals surface area contributed by atoms with Crippen molar-refractivity contribution in [2.45, 2.75) is 18.7 Å². The summed E-state index contributed by atoms with van der Waals surface area (Å²) in [6.45, 7) is 4.00. The van der Waals surface area contributed by atoms with E-state index in [1.165, 1.54) is 11.9 Å². The van der Waals surface area contributed by atoms with Crippen LogP contribution in [0.3, 0.4) is 0 Å². The molecule has 0 amide bonds. The highest BCUT2D eigenvalue weighted by molar-refractivity contribution is 8.00. The summed E-state index contributed by atoms with van der Waals surface area (Å²) in [7, 11) is 1.89. The molecule has 3 N–H and O–H groups in total. The van der Waals surface area contributed by atoms with Crippen LogP contribution in [0.25, 0.3) is 0 Å². The van der Waals surface area contributed by atoms with Crippen LogP contribution in [0.2, 0.25) is 0 Å². The van der Waals surface area contributed by atoms with Crippen LogP contribution in [-0.2, 0) is 7.05 Å². The van der Waals surface area contributed by atoms with Crippen molar-refractivity contribution in [3.05, 3.63) is 36.5 Å². The number of nitrogens with zero attached hydrogens (tertiary/aromatic N) is 2. The lowest BCUT2D eigenvalue weighted by Crippen LogP contribution is -1.96. The summed E-state index contributed by atoms with van der Waals surface area (Å²) in [6, 6.07) is 9.64. The number of benzene rings is 1. The van der Waals surface area contributed by atoms with Gasteiger partial charge in [-0.05, 0) is 36.2 Å². The molecule has 17 heavy (non-hydrogen) atoms. The quantitative estimate of drug-likeness (QED) is 0.649. The maximum atomic E-state index is 5.60. The number of hydrogen-bond acceptors (Lipinski definition) is 4. The van der Waals surface area contributed by atoms with Gasteiger partial charge < -0.3 is 10.5 Å². The molecule has 0 fully saturated rings. The van der Waals surface area contributed by atoms with Crippen LogP contribution in [0.4, 0.5) is 11.5 Å². The first-order chi connectivity index (χ1) is 8.25. The molecule has 0 aliphatic rings. The minimum Gasteiger partial charge on any atom is -0.399 e. The Morgan fingerprint density at radius 1 is 1.18 bits per heavy atom. The van der Waals surface area contributed by atoms with Crippen LogP contribution in [0.5, 0.6) is 0 Å². The molecule has 1 aromatic carbocycles. The van der Waals surface area contributed by atoms with Crippen LogP contribution in [-0.4, -0.2) is 9.78 Å². The van der Waals surface area contributed by atoms with Crippen molar-refractivity contribution in [1.82, 2.24) is 9.78 Å². The number of nitrogens with two attached hydrogens (primary N) is 1. The van der Waals surface area contributed by atoms with Crippen molar-refractivity contribution >= 4 is 23.5 Å². The Labute approximate surface area is 106 Å². The molecule has 1 aromatic heterocycles. The minimum atomic E-state index is 0.778. The highest BCUT2D eigenvalue weighted by Crippen LogP contribution is 2.21. The lowest BCUT2D eigenvalue weighted by atomic mass is 10.3. The third-order valence-corrected chi connectivity index (χ3v) is 2.79. The molecule has 4 nitrogen and oxygen atoms in total. The molecular weight excluding hydrogens is 232 g/mol. The summed E-state index contributed by atoms with van der Waals surface area (Å²) in [5, 5.41) is 4.06. The second-order valence-electron chi connectivity index (χ2n) is 3.11. The number of aromatic nitrogens is 2. The standard InChI is InChI=1S/C10H12N4S.C2H6/c1-14-10(6-7-12-14)13-15-9-4-2-8(11)3-5-9;1-2/h2-7,13H,11H2,1H3;1-2H3.